The van der Waals surface area contributed by atoms with E-state index in [4.69, 9.17) is 4.74 Å². The summed E-state index contributed by atoms with van der Waals surface area (Å²) in [5.41, 5.74) is 1.06. The average Bonchev–Trinajstić information content (AvgIpc) is 2.41. The fourth-order valence-electron chi connectivity index (χ4n) is 0.837. The number of ether oxygens (including phenoxy) is 2. The van der Waals surface area contributed by atoms with Crippen LogP contribution in [-0.2, 0) is 14.3 Å². The summed E-state index contributed by atoms with van der Waals surface area (Å²) in [7, 11) is 1.35. The molecule has 4 nitrogen and oxygen atoms in total. The van der Waals surface area contributed by atoms with Gasteiger partial charge in [-0.2, -0.15) is 0 Å². The first-order valence-corrected chi connectivity index (χ1v) is 5.45. The molecule has 0 aliphatic rings. The molecular weight excluding hydrogens is 244 g/mol. The molecule has 0 heterocycles. The molecule has 0 aromatic heterocycles. The van der Waals surface area contributed by atoms with Crippen LogP contribution >= 0.6 is 0 Å². The lowest BCUT2D eigenvalue weighted by atomic mass is 10.2. The molecule has 0 fully saturated rings. The van der Waals surface area contributed by atoms with Crippen molar-refractivity contribution in [2.45, 2.75) is 13.8 Å². The van der Waals surface area contributed by atoms with Crippen LogP contribution in [0.3, 0.4) is 0 Å². The van der Waals surface area contributed by atoms with Crippen molar-refractivity contribution in [3.05, 3.63) is 55.6 Å². The molecule has 0 saturated carbocycles. The van der Waals surface area contributed by atoms with Crippen LogP contribution in [0.4, 0.5) is 0 Å². The Kier molecular flexibility index (Phi) is 12.1. The molecule has 0 amide bonds. The standard InChI is InChI=1S/C10H10O2.C3H6O2.C2H4/c1-3-10(11)12-9-6-4-5-8(2)7-9;1-3(4)5-2;1-2/h3-7H,1H2,2H3;1-2H3;1-2H2. The van der Waals surface area contributed by atoms with Crippen LogP contribution in [0.15, 0.2) is 50.1 Å². The van der Waals surface area contributed by atoms with Crippen LogP contribution in [0, 0.1) is 6.92 Å². The summed E-state index contributed by atoms with van der Waals surface area (Å²) in [4.78, 5) is 20.3. The largest absolute Gasteiger partial charge is 0.469 e. The van der Waals surface area contributed by atoms with Crippen molar-refractivity contribution in [1.82, 2.24) is 0 Å². The topological polar surface area (TPSA) is 52.6 Å². The zero-order chi connectivity index (χ0) is 15.3. The molecular formula is C15H20O4. The minimum atomic E-state index is -0.430. The smallest absolute Gasteiger partial charge is 0.335 e. The Morgan fingerprint density at radius 1 is 1.26 bits per heavy atom. The van der Waals surface area contributed by atoms with E-state index in [1.807, 2.05) is 19.1 Å². The quantitative estimate of drug-likeness (QED) is 0.356. The summed E-state index contributed by atoms with van der Waals surface area (Å²) >= 11 is 0. The molecule has 1 aromatic carbocycles. The lowest BCUT2D eigenvalue weighted by Crippen LogP contribution is -2.02. The van der Waals surface area contributed by atoms with Gasteiger partial charge in [-0.15, -0.1) is 13.2 Å². The summed E-state index contributed by atoms with van der Waals surface area (Å²) in [6, 6.07) is 7.29. The van der Waals surface area contributed by atoms with E-state index < -0.39 is 5.97 Å². The average molecular weight is 264 g/mol. The Hall–Kier alpha value is -2.36. The number of esters is 2. The summed E-state index contributed by atoms with van der Waals surface area (Å²) in [6.07, 6.45) is 1.14. The number of rotatable bonds is 2. The fraction of sp³-hybridized carbons (Fsp3) is 0.200. The summed E-state index contributed by atoms with van der Waals surface area (Å²) in [6.45, 7) is 12.6. The monoisotopic (exact) mass is 264 g/mol. The van der Waals surface area contributed by atoms with E-state index in [1.165, 1.54) is 14.0 Å². The number of benzene rings is 1. The Bertz CT molecular complexity index is 410. The van der Waals surface area contributed by atoms with Gasteiger partial charge in [-0.1, -0.05) is 18.7 Å². The van der Waals surface area contributed by atoms with Crippen LogP contribution in [0.25, 0.3) is 0 Å². The summed E-state index contributed by atoms with van der Waals surface area (Å²) < 4.78 is 9.00. The number of hydrogen-bond donors (Lipinski definition) is 0. The second-order valence-corrected chi connectivity index (χ2v) is 3.14. The molecule has 0 radical (unpaired) electrons. The van der Waals surface area contributed by atoms with E-state index in [2.05, 4.69) is 24.5 Å². The van der Waals surface area contributed by atoms with Gasteiger partial charge in [0.2, 0.25) is 0 Å². The molecule has 0 bridgehead atoms. The van der Waals surface area contributed by atoms with E-state index in [1.54, 1.807) is 12.1 Å². The summed E-state index contributed by atoms with van der Waals surface area (Å²) in [5, 5.41) is 0. The van der Waals surface area contributed by atoms with Crippen LogP contribution in [0.2, 0.25) is 0 Å². The van der Waals surface area contributed by atoms with Gasteiger partial charge in [0.1, 0.15) is 5.75 Å². The van der Waals surface area contributed by atoms with E-state index in [9.17, 15) is 9.59 Å². The normalized spacial score (nSPS) is 7.74. The molecule has 0 unspecified atom stereocenters. The number of carbonyl (C=O) groups excluding carboxylic acids is 2. The molecule has 0 spiro atoms. The molecule has 19 heavy (non-hydrogen) atoms. The Balaban J connectivity index is 0. The highest BCUT2D eigenvalue weighted by Gasteiger charge is 1.97. The van der Waals surface area contributed by atoms with E-state index in [-0.39, 0.29) is 5.97 Å². The number of hydrogen-bond acceptors (Lipinski definition) is 4. The van der Waals surface area contributed by atoms with Crippen molar-refractivity contribution in [3.8, 4) is 5.75 Å². The van der Waals surface area contributed by atoms with Gasteiger partial charge in [-0.25, -0.2) is 4.79 Å². The second kappa shape index (κ2) is 12.1. The predicted molar refractivity (Wildman–Crippen MR) is 76.0 cm³/mol. The van der Waals surface area contributed by atoms with Gasteiger partial charge in [-0.3, -0.25) is 4.79 Å². The van der Waals surface area contributed by atoms with Crippen LogP contribution in [0.5, 0.6) is 5.75 Å². The highest BCUT2D eigenvalue weighted by atomic mass is 16.5. The van der Waals surface area contributed by atoms with Crippen molar-refractivity contribution in [1.29, 1.82) is 0 Å². The molecule has 104 valence electrons. The van der Waals surface area contributed by atoms with Gasteiger partial charge in [0.05, 0.1) is 7.11 Å². The summed E-state index contributed by atoms with van der Waals surface area (Å²) in [5.74, 6) is -0.120. The minimum absolute atomic E-state index is 0.245. The second-order valence-electron chi connectivity index (χ2n) is 3.14. The van der Waals surface area contributed by atoms with Crippen molar-refractivity contribution < 1.29 is 19.1 Å². The van der Waals surface area contributed by atoms with Crippen LogP contribution < -0.4 is 4.74 Å². The van der Waals surface area contributed by atoms with Gasteiger partial charge >= 0.3 is 11.9 Å². The SMILES string of the molecule is C=C.C=CC(=O)Oc1cccc(C)c1.COC(C)=O. The lowest BCUT2D eigenvalue weighted by molar-refractivity contribution is -0.138. The third-order valence-electron chi connectivity index (χ3n) is 1.66. The molecule has 0 aliphatic carbocycles. The van der Waals surface area contributed by atoms with Crippen molar-refractivity contribution in [2.75, 3.05) is 7.11 Å². The molecule has 0 saturated heterocycles. The highest BCUT2D eigenvalue weighted by Crippen LogP contribution is 2.12. The number of methoxy groups -OCH3 is 1. The zero-order valence-corrected chi connectivity index (χ0v) is 11.6. The Morgan fingerprint density at radius 2 is 1.79 bits per heavy atom. The Morgan fingerprint density at radius 3 is 2.16 bits per heavy atom. The first-order valence-electron chi connectivity index (χ1n) is 5.45. The first-order chi connectivity index (χ1) is 8.99. The van der Waals surface area contributed by atoms with Crippen LogP contribution in [0.1, 0.15) is 12.5 Å². The Labute approximate surface area is 114 Å². The molecule has 1 rings (SSSR count). The van der Waals surface area contributed by atoms with Gasteiger partial charge in [-0.05, 0) is 24.6 Å². The number of aryl methyl sites for hydroxylation is 1. The van der Waals surface area contributed by atoms with Crippen molar-refractivity contribution >= 4 is 11.9 Å². The molecule has 1 aromatic rings. The molecule has 0 atom stereocenters. The van der Waals surface area contributed by atoms with Crippen LogP contribution in [-0.4, -0.2) is 19.0 Å². The van der Waals surface area contributed by atoms with E-state index in [0.717, 1.165) is 11.6 Å². The highest BCUT2D eigenvalue weighted by molar-refractivity contribution is 5.83. The van der Waals surface area contributed by atoms with Crippen molar-refractivity contribution in [3.63, 3.8) is 0 Å². The fourth-order valence-corrected chi connectivity index (χ4v) is 0.837. The first kappa shape index (κ1) is 19.0. The minimum Gasteiger partial charge on any atom is -0.469 e. The van der Waals surface area contributed by atoms with E-state index in [0.29, 0.717) is 5.75 Å². The van der Waals surface area contributed by atoms with Gasteiger partial charge < -0.3 is 9.47 Å². The maximum atomic E-state index is 10.8. The van der Waals surface area contributed by atoms with E-state index >= 15 is 0 Å². The zero-order valence-electron chi connectivity index (χ0n) is 11.6. The van der Waals surface area contributed by atoms with Gasteiger partial charge in [0.25, 0.3) is 0 Å². The van der Waals surface area contributed by atoms with Gasteiger partial charge in [0, 0.05) is 13.0 Å². The third-order valence-corrected chi connectivity index (χ3v) is 1.66. The maximum absolute atomic E-state index is 10.8. The number of carbonyl (C=O) groups is 2. The van der Waals surface area contributed by atoms with Gasteiger partial charge in [0.15, 0.2) is 0 Å². The lowest BCUT2D eigenvalue weighted by Gasteiger charge is -2.00. The predicted octanol–water partition coefficient (Wildman–Crippen LogP) is 3.07. The maximum Gasteiger partial charge on any atom is 0.335 e. The third kappa shape index (κ3) is 11.9. The molecule has 0 aliphatic heterocycles. The molecule has 0 N–H and O–H groups in total. The molecule has 4 heteroatoms. The van der Waals surface area contributed by atoms with Crippen molar-refractivity contribution in [2.24, 2.45) is 0 Å².